The second kappa shape index (κ2) is 26.7. The van der Waals surface area contributed by atoms with E-state index < -0.39 is 134 Å². The van der Waals surface area contributed by atoms with Gasteiger partial charge in [0.25, 0.3) is 0 Å². The number of hydrogen-bond acceptors (Lipinski definition) is 13. The van der Waals surface area contributed by atoms with E-state index in [1.165, 1.54) is 0 Å². The van der Waals surface area contributed by atoms with E-state index >= 15 is 0 Å². The van der Waals surface area contributed by atoms with Gasteiger partial charge >= 0.3 is 11.9 Å². The highest BCUT2D eigenvalue weighted by molar-refractivity contribution is 5.98. The molecule has 0 heterocycles. The average molecular weight is 845 g/mol. The molecule has 0 aromatic rings. The zero-order chi connectivity index (χ0) is 45.6. The molecule has 0 aliphatic heterocycles. The molecule has 334 valence electrons. The van der Waals surface area contributed by atoms with Gasteiger partial charge in [-0.1, -0.05) is 27.7 Å². The van der Waals surface area contributed by atoms with Crippen molar-refractivity contribution in [1.82, 2.24) is 31.9 Å². The van der Waals surface area contributed by atoms with Gasteiger partial charge in [-0.2, -0.15) is 0 Å². The number of nitrogens with one attached hydrogen (secondary N) is 6. The number of amides is 8. The third-order valence-electron chi connectivity index (χ3n) is 8.14. The van der Waals surface area contributed by atoms with Crippen molar-refractivity contribution in [2.75, 3.05) is 13.2 Å². The molecular weight excluding hydrogens is 784 g/mol. The van der Waals surface area contributed by atoms with Crippen LogP contribution in [0.3, 0.4) is 0 Å². The molecule has 0 spiro atoms. The molecule has 0 radical (unpaired) electrons. The lowest BCUT2D eigenvalue weighted by atomic mass is 10.00. The molecule has 0 saturated carbocycles. The van der Waals surface area contributed by atoms with E-state index in [4.69, 9.17) is 28.7 Å². The summed E-state index contributed by atoms with van der Waals surface area (Å²) in [5.41, 5.74) is 26.8. The number of nitrogens with zero attached hydrogens (tertiary/aromatic N) is 1. The van der Waals surface area contributed by atoms with Gasteiger partial charge in [-0.05, 0) is 43.9 Å². The van der Waals surface area contributed by atoms with Gasteiger partial charge in [0.15, 0.2) is 5.96 Å². The summed E-state index contributed by atoms with van der Waals surface area (Å²) in [5, 5.41) is 41.9. The lowest BCUT2D eigenvalue weighted by molar-refractivity contribution is -0.143. The van der Waals surface area contributed by atoms with Gasteiger partial charge in [0, 0.05) is 13.0 Å². The van der Waals surface area contributed by atoms with E-state index in [1.807, 2.05) is 0 Å². The molecule has 25 nitrogen and oxygen atoms in total. The minimum absolute atomic E-state index is 0.00164. The molecule has 0 aromatic heterocycles. The van der Waals surface area contributed by atoms with Crippen LogP contribution >= 0.6 is 0 Å². The molecule has 0 aromatic carbocycles. The van der Waals surface area contributed by atoms with Crippen molar-refractivity contribution >= 4 is 65.2 Å². The fraction of sp³-hybridized carbons (Fsp3) is 0.676. The number of hydrogen-bond donors (Lipinski definition) is 14. The molecule has 8 amide bonds. The minimum Gasteiger partial charge on any atom is -0.481 e. The molecule has 19 N–H and O–H groups in total. The van der Waals surface area contributed by atoms with Crippen molar-refractivity contribution in [2.24, 2.45) is 45.5 Å². The van der Waals surface area contributed by atoms with Crippen molar-refractivity contribution in [2.45, 2.75) is 121 Å². The van der Waals surface area contributed by atoms with Gasteiger partial charge in [-0.15, -0.1) is 0 Å². The summed E-state index contributed by atoms with van der Waals surface area (Å²) in [6.45, 7) is 6.01. The van der Waals surface area contributed by atoms with E-state index in [0.717, 1.165) is 0 Å². The summed E-state index contributed by atoms with van der Waals surface area (Å²) in [7, 11) is 0. The molecule has 0 aliphatic rings. The maximum absolute atomic E-state index is 13.7. The normalized spacial score (nSPS) is 14.5. The number of rotatable bonds is 29. The monoisotopic (exact) mass is 844 g/mol. The van der Waals surface area contributed by atoms with Crippen molar-refractivity contribution in [3.63, 3.8) is 0 Å². The molecule has 0 unspecified atom stereocenters. The van der Waals surface area contributed by atoms with Gasteiger partial charge in [0.05, 0.1) is 19.4 Å². The lowest BCUT2D eigenvalue weighted by Crippen LogP contribution is -2.60. The highest BCUT2D eigenvalue weighted by atomic mass is 16.4. The summed E-state index contributed by atoms with van der Waals surface area (Å²) >= 11 is 0. The second-order valence-corrected chi connectivity index (χ2v) is 14.5. The Morgan fingerprint density at radius 3 is 1.39 bits per heavy atom. The number of aliphatic hydroxyl groups is 1. The summed E-state index contributed by atoms with van der Waals surface area (Å²) in [5.74, 6) is -12.0. The topological polar surface area (TPSA) is 446 Å². The van der Waals surface area contributed by atoms with Gasteiger partial charge < -0.3 is 75.9 Å². The van der Waals surface area contributed by atoms with Crippen LogP contribution in [0.2, 0.25) is 0 Å². The minimum atomic E-state index is -1.81. The number of carbonyl (C=O) groups is 10. The Balaban J connectivity index is 6.60. The largest absolute Gasteiger partial charge is 0.481 e. The Kier molecular flexibility index (Phi) is 24.0. The summed E-state index contributed by atoms with van der Waals surface area (Å²) < 4.78 is 0. The Morgan fingerprint density at radius 1 is 0.542 bits per heavy atom. The predicted molar refractivity (Wildman–Crippen MR) is 208 cm³/mol. The Labute approximate surface area is 340 Å². The highest BCUT2D eigenvalue weighted by Crippen LogP contribution is 2.11. The average Bonchev–Trinajstić information content (AvgIpc) is 3.11. The maximum atomic E-state index is 13.7. The van der Waals surface area contributed by atoms with Crippen molar-refractivity contribution in [3.8, 4) is 0 Å². The van der Waals surface area contributed by atoms with Crippen LogP contribution in [0, 0.1) is 11.8 Å². The SMILES string of the molecule is CC(C)C[C@H](NC(=O)[C@H](CC(C)C)NC(=O)[C@H](CC(N)=O)NC(=O)[C@H](CCC(N)=O)NC(=O)[C@H](CCCN=C(N)N)NC(=O)[C@H](CC(=O)O)NC(=O)[C@@H](N)CO)C(=O)O. The molecule has 0 saturated heterocycles. The molecule has 0 bridgehead atoms. The Hall–Kier alpha value is -6.11. The van der Waals surface area contributed by atoms with Crippen LogP contribution in [0.5, 0.6) is 0 Å². The summed E-state index contributed by atoms with van der Waals surface area (Å²) in [6.07, 6.45) is -2.98. The maximum Gasteiger partial charge on any atom is 0.326 e. The zero-order valence-electron chi connectivity index (χ0n) is 33.5. The molecular formula is C34H60N12O13. The van der Waals surface area contributed by atoms with Crippen LogP contribution in [-0.2, 0) is 47.9 Å². The number of carboxylic acid groups (broad SMARTS) is 2. The first kappa shape index (κ1) is 52.9. The Morgan fingerprint density at radius 2 is 0.949 bits per heavy atom. The van der Waals surface area contributed by atoms with Crippen LogP contribution in [0.4, 0.5) is 0 Å². The van der Waals surface area contributed by atoms with Crippen molar-refractivity contribution < 1.29 is 63.3 Å². The second-order valence-electron chi connectivity index (χ2n) is 14.5. The molecule has 0 aliphatic carbocycles. The number of aliphatic imine (C=N–C) groups is 1. The number of carboxylic acids is 2. The summed E-state index contributed by atoms with van der Waals surface area (Å²) in [6, 6.07) is -11.0. The van der Waals surface area contributed by atoms with Crippen LogP contribution in [0.25, 0.3) is 0 Å². The van der Waals surface area contributed by atoms with Crippen LogP contribution in [0.15, 0.2) is 4.99 Å². The van der Waals surface area contributed by atoms with E-state index in [1.54, 1.807) is 27.7 Å². The first-order valence-electron chi connectivity index (χ1n) is 18.6. The quantitative estimate of drug-likeness (QED) is 0.0189. The molecule has 25 heteroatoms. The third-order valence-corrected chi connectivity index (χ3v) is 8.14. The van der Waals surface area contributed by atoms with Crippen molar-refractivity contribution in [1.29, 1.82) is 0 Å². The molecule has 59 heavy (non-hydrogen) atoms. The van der Waals surface area contributed by atoms with Crippen LogP contribution in [0.1, 0.15) is 79.1 Å². The fourth-order valence-electron chi connectivity index (χ4n) is 5.24. The number of nitrogens with two attached hydrogens (primary N) is 5. The fourth-order valence-corrected chi connectivity index (χ4v) is 5.24. The smallest absolute Gasteiger partial charge is 0.326 e. The van der Waals surface area contributed by atoms with Gasteiger partial charge in [-0.25, -0.2) is 4.79 Å². The first-order chi connectivity index (χ1) is 27.4. The van der Waals surface area contributed by atoms with E-state index in [9.17, 15) is 63.3 Å². The number of aliphatic carboxylic acids is 2. The van der Waals surface area contributed by atoms with E-state index in [0.29, 0.717) is 0 Å². The molecule has 0 fully saturated rings. The van der Waals surface area contributed by atoms with Crippen LogP contribution < -0.4 is 60.6 Å². The lowest BCUT2D eigenvalue weighted by Gasteiger charge is -2.27. The molecule has 7 atom stereocenters. The third kappa shape index (κ3) is 22.4. The Bertz CT molecular complexity index is 1540. The standard InChI is InChI=1S/C34H60N12O13/c1-15(2)10-20(30(55)46-23(33(58)59)11-16(3)4)44-31(56)21(12-25(37)49)45-29(54)19(7-8-24(36)48)42-28(53)18(6-5-9-40-34(38)39)41-32(57)22(13-26(50)51)43-27(52)17(35)14-47/h15-23,47H,5-14,35H2,1-4H3,(H2,36,48)(H2,37,49)(H,41,57)(H,42,53)(H,43,52)(H,44,56)(H,45,54)(H,46,55)(H,50,51)(H,58,59)(H4,38,39,40)/t17-,18-,19-,20-,21-,22-,23-/m0/s1. The number of carbonyl (C=O) groups excluding carboxylic acids is 8. The highest BCUT2D eigenvalue weighted by Gasteiger charge is 2.35. The van der Waals surface area contributed by atoms with E-state index in [-0.39, 0.29) is 50.0 Å². The zero-order valence-corrected chi connectivity index (χ0v) is 33.5. The van der Waals surface area contributed by atoms with Gasteiger partial charge in [0.2, 0.25) is 47.3 Å². The van der Waals surface area contributed by atoms with Crippen molar-refractivity contribution in [3.05, 3.63) is 0 Å². The van der Waals surface area contributed by atoms with Gasteiger partial charge in [0.1, 0.15) is 42.3 Å². The predicted octanol–water partition coefficient (Wildman–Crippen LogP) is -5.94. The first-order valence-corrected chi connectivity index (χ1v) is 18.6. The number of guanidine groups is 1. The van der Waals surface area contributed by atoms with Crippen LogP contribution in [-0.4, -0.2) is 136 Å². The number of primary amides is 2. The molecule has 0 rings (SSSR count). The van der Waals surface area contributed by atoms with Gasteiger partial charge in [-0.3, -0.25) is 48.1 Å². The summed E-state index contributed by atoms with van der Waals surface area (Å²) in [4.78, 5) is 131. The van der Waals surface area contributed by atoms with E-state index in [2.05, 4.69) is 36.9 Å². The number of aliphatic hydroxyl groups excluding tert-OH is 1.